The molecule has 2 heterocycles. The predicted octanol–water partition coefficient (Wildman–Crippen LogP) is 1.11. The van der Waals surface area contributed by atoms with Gasteiger partial charge in [0.05, 0.1) is 12.3 Å². The molecule has 8 nitrogen and oxygen atoms in total. The van der Waals surface area contributed by atoms with Crippen LogP contribution in [-0.4, -0.2) is 53.0 Å². The van der Waals surface area contributed by atoms with Crippen LogP contribution in [0.25, 0.3) is 0 Å². The van der Waals surface area contributed by atoms with Crippen LogP contribution in [0, 0.1) is 11.7 Å². The Balaban J connectivity index is 1.80. The van der Waals surface area contributed by atoms with Crippen LogP contribution in [0.1, 0.15) is 28.9 Å². The van der Waals surface area contributed by atoms with E-state index in [0.29, 0.717) is 5.56 Å². The summed E-state index contributed by atoms with van der Waals surface area (Å²) in [6.45, 7) is -0.0718. The fourth-order valence-corrected chi connectivity index (χ4v) is 5.25. The molecule has 1 aromatic heterocycles. The number of aromatic nitrogens is 2. The quantitative estimate of drug-likeness (QED) is 0.796. The van der Waals surface area contributed by atoms with Crippen molar-refractivity contribution in [2.45, 2.75) is 30.9 Å². The molecule has 1 aliphatic carbocycles. The number of rotatable bonds is 5. The number of halogens is 1. The van der Waals surface area contributed by atoms with Crippen LogP contribution in [0.4, 0.5) is 10.2 Å². The van der Waals surface area contributed by atoms with Crippen molar-refractivity contribution in [2.75, 3.05) is 17.7 Å². The van der Waals surface area contributed by atoms with E-state index in [1.54, 1.807) is 18.2 Å². The predicted molar refractivity (Wildman–Crippen MR) is 98.7 cm³/mol. The van der Waals surface area contributed by atoms with Crippen molar-refractivity contribution in [3.8, 4) is 0 Å². The first kappa shape index (κ1) is 18.9. The summed E-state index contributed by atoms with van der Waals surface area (Å²) in [7, 11) is -0.819. The molecule has 1 saturated carbocycles. The fraction of sp³-hybridized carbons (Fsp3) is 0.444. The van der Waals surface area contributed by atoms with E-state index in [1.807, 2.05) is 0 Å². The molecule has 150 valence electrons. The zero-order valence-corrected chi connectivity index (χ0v) is 16.4. The van der Waals surface area contributed by atoms with Gasteiger partial charge in [0.15, 0.2) is 11.5 Å². The third-order valence-corrected chi connectivity index (χ3v) is 7.02. The first-order chi connectivity index (χ1) is 13.2. The Kier molecular flexibility index (Phi) is 4.42. The van der Waals surface area contributed by atoms with Gasteiger partial charge in [-0.2, -0.15) is 4.98 Å². The maximum Gasteiger partial charge on any atom is 0.277 e. The van der Waals surface area contributed by atoms with Gasteiger partial charge >= 0.3 is 0 Å². The molecule has 1 amide bonds. The third-order valence-electron chi connectivity index (χ3n) is 5.18. The molecule has 28 heavy (non-hydrogen) atoms. The zero-order chi connectivity index (χ0) is 20.2. The number of hydrogen-bond acceptors (Lipinski definition) is 6. The Labute approximate surface area is 162 Å². The van der Waals surface area contributed by atoms with Crippen molar-refractivity contribution in [1.29, 1.82) is 0 Å². The van der Waals surface area contributed by atoms with Gasteiger partial charge in [-0.3, -0.25) is 9.69 Å². The fourth-order valence-electron chi connectivity index (χ4n) is 3.41. The first-order valence-electron chi connectivity index (χ1n) is 8.95. The molecule has 4 rings (SSSR count). The van der Waals surface area contributed by atoms with Gasteiger partial charge in [-0.25, -0.2) is 12.8 Å². The van der Waals surface area contributed by atoms with Gasteiger partial charge in [-0.1, -0.05) is 18.2 Å². The molecule has 0 bridgehead atoms. The van der Waals surface area contributed by atoms with Gasteiger partial charge in [-0.15, -0.1) is 0 Å². The Morgan fingerprint density at radius 1 is 1.25 bits per heavy atom. The minimum atomic E-state index is -3.69. The molecule has 1 aromatic carbocycles. The topological polar surface area (TPSA) is 95.7 Å². The molecule has 0 saturated heterocycles. The third kappa shape index (κ3) is 3.06. The minimum Gasteiger partial charge on any atom is -0.356 e. The number of aliphatic hydroxyl groups is 1. The molecule has 2 aromatic rings. The molecule has 2 aliphatic rings. The van der Waals surface area contributed by atoms with Crippen LogP contribution in [0.5, 0.6) is 0 Å². The maximum atomic E-state index is 14.1. The Morgan fingerprint density at radius 3 is 2.57 bits per heavy atom. The van der Waals surface area contributed by atoms with Gasteiger partial charge in [-0.05, 0) is 24.8 Å². The number of sulfone groups is 1. The highest BCUT2D eigenvalue weighted by atomic mass is 32.2. The highest BCUT2D eigenvalue weighted by Gasteiger charge is 2.42. The van der Waals surface area contributed by atoms with Gasteiger partial charge in [0, 0.05) is 19.7 Å². The second-order valence-corrected chi connectivity index (χ2v) is 9.26. The number of carbonyl (C=O) groups is 1. The van der Waals surface area contributed by atoms with Gasteiger partial charge in [0.1, 0.15) is 5.82 Å². The standard InChI is InChI=1S/C18H21FN4O4S/c1-21-14-15(20-17(21)28(26,27)10-11-7-8-11)23(18(25)22(2)16(14)24)9-12-5-3-4-6-13(12)19/h3-6,11,18,25H,7-10H2,1-2H3. The largest absolute Gasteiger partial charge is 0.356 e. The molecule has 0 radical (unpaired) electrons. The molecule has 1 aliphatic heterocycles. The van der Waals surface area contributed by atoms with Crippen LogP contribution >= 0.6 is 0 Å². The summed E-state index contributed by atoms with van der Waals surface area (Å²) in [5.41, 5.74) is 0.349. The zero-order valence-electron chi connectivity index (χ0n) is 15.5. The van der Waals surface area contributed by atoms with Crippen LogP contribution in [0.3, 0.4) is 0 Å². The number of carbonyl (C=O) groups excluding carboxylic acids is 1. The second-order valence-electron chi connectivity index (χ2n) is 7.33. The van der Waals surface area contributed by atoms with Crippen molar-refractivity contribution in [3.63, 3.8) is 0 Å². The van der Waals surface area contributed by atoms with Crippen LogP contribution in [0.15, 0.2) is 29.4 Å². The SMILES string of the molecule is CN1C(=O)c2c(nc(S(=O)(=O)CC3CC3)n2C)N(Cc2ccccc2F)C1O. The van der Waals surface area contributed by atoms with Gasteiger partial charge < -0.3 is 14.6 Å². The van der Waals surface area contributed by atoms with Crippen LogP contribution in [-0.2, 0) is 23.4 Å². The monoisotopic (exact) mass is 408 g/mol. The maximum absolute atomic E-state index is 14.1. The molecular weight excluding hydrogens is 387 g/mol. The Hall–Kier alpha value is -2.46. The number of nitrogens with zero attached hydrogens (tertiary/aromatic N) is 4. The number of anilines is 1. The Morgan fingerprint density at radius 2 is 1.93 bits per heavy atom. The molecule has 1 N–H and O–H groups in total. The molecular formula is C18H21FN4O4S. The number of imidazole rings is 1. The van der Waals surface area contributed by atoms with Crippen LogP contribution < -0.4 is 4.90 Å². The van der Waals surface area contributed by atoms with E-state index in [1.165, 1.54) is 29.6 Å². The van der Waals surface area contributed by atoms with Crippen molar-refractivity contribution >= 4 is 21.6 Å². The lowest BCUT2D eigenvalue weighted by atomic mass is 10.2. The summed E-state index contributed by atoms with van der Waals surface area (Å²) in [6.07, 6.45) is 0.334. The molecule has 1 unspecified atom stereocenters. The van der Waals surface area contributed by atoms with Crippen LogP contribution in [0.2, 0.25) is 0 Å². The Bertz CT molecular complexity index is 1050. The lowest BCUT2D eigenvalue weighted by molar-refractivity contribution is 0.0116. The number of fused-ring (bicyclic) bond motifs is 1. The van der Waals surface area contributed by atoms with Gasteiger partial charge in [0.25, 0.3) is 5.91 Å². The number of aliphatic hydroxyl groups excluding tert-OH is 1. The van der Waals surface area contributed by atoms with Crippen molar-refractivity contribution < 1.29 is 22.7 Å². The van der Waals surface area contributed by atoms with Crippen molar-refractivity contribution in [2.24, 2.45) is 13.0 Å². The molecule has 1 atom stereocenters. The average molecular weight is 408 g/mol. The summed E-state index contributed by atoms with van der Waals surface area (Å²) in [4.78, 5) is 19.3. The normalized spacial score (nSPS) is 19.9. The summed E-state index contributed by atoms with van der Waals surface area (Å²) in [5, 5.41) is 10.4. The molecule has 1 fully saturated rings. The molecule has 0 spiro atoms. The van der Waals surface area contributed by atoms with Gasteiger partial charge in [0.2, 0.25) is 21.3 Å². The van der Waals surface area contributed by atoms with E-state index >= 15 is 0 Å². The number of hydrogen-bond donors (Lipinski definition) is 1. The number of amides is 1. The van der Waals surface area contributed by atoms with E-state index in [-0.39, 0.29) is 34.9 Å². The highest BCUT2D eigenvalue weighted by molar-refractivity contribution is 7.91. The highest BCUT2D eigenvalue weighted by Crippen LogP contribution is 2.35. The van der Waals surface area contributed by atoms with Crippen molar-refractivity contribution in [3.05, 3.63) is 41.3 Å². The van der Waals surface area contributed by atoms with E-state index in [0.717, 1.165) is 17.7 Å². The summed E-state index contributed by atoms with van der Waals surface area (Å²) >= 11 is 0. The smallest absolute Gasteiger partial charge is 0.277 e. The van der Waals surface area contributed by atoms with Crippen molar-refractivity contribution in [1.82, 2.24) is 14.5 Å². The van der Waals surface area contributed by atoms with E-state index < -0.39 is 27.9 Å². The summed E-state index contributed by atoms with van der Waals surface area (Å²) in [5.74, 6) is -0.868. The lowest BCUT2D eigenvalue weighted by Gasteiger charge is -2.38. The molecule has 10 heteroatoms. The summed E-state index contributed by atoms with van der Waals surface area (Å²) in [6, 6.07) is 6.07. The van der Waals surface area contributed by atoms with E-state index in [9.17, 15) is 22.7 Å². The average Bonchev–Trinajstić information content (AvgIpc) is 3.37. The first-order valence-corrected chi connectivity index (χ1v) is 10.6. The lowest BCUT2D eigenvalue weighted by Crippen LogP contribution is -2.53. The van der Waals surface area contributed by atoms with E-state index in [4.69, 9.17) is 0 Å². The second kappa shape index (κ2) is 6.56. The summed E-state index contributed by atoms with van der Waals surface area (Å²) < 4.78 is 40.9. The number of benzene rings is 1. The van der Waals surface area contributed by atoms with E-state index in [2.05, 4.69) is 4.98 Å². The minimum absolute atomic E-state index is 0.0172.